The van der Waals surface area contributed by atoms with Gasteiger partial charge in [0.05, 0.1) is 16.4 Å². The van der Waals surface area contributed by atoms with E-state index in [9.17, 15) is 21.2 Å². The topological polar surface area (TPSA) is 125 Å². The van der Waals surface area contributed by atoms with Gasteiger partial charge in [-0.15, -0.1) is 0 Å². The third kappa shape index (κ3) is 7.01. The Bertz CT molecular complexity index is 1430. The minimum atomic E-state index is -3.92. The van der Waals surface area contributed by atoms with Gasteiger partial charge in [-0.05, 0) is 75.1 Å². The molecule has 3 aromatic rings. The second-order valence-electron chi connectivity index (χ2n) is 9.02. The standard InChI is InChI=1S/C24H29FN6O4S2/c1-30(2)14-15-31(21-12-16-36(32,33)17-21)37(34,35)22-9-7-20(8-10-22)28-24-26-13-11-23(29-24)27-19-5-3-18(25)4-6-19/h3-11,13,21H,12,14-17H2,1-2H3,(H2,26,27,28,29). The largest absolute Gasteiger partial charge is 0.340 e. The summed E-state index contributed by atoms with van der Waals surface area (Å²) in [5, 5.41) is 6.10. The number of rotatable bonds is 10. The lowest BCUT2D eigenvalue weighted by Crippen LogP contribution is -2.44. The van der Waals surface area contributed by atoms with E-state index in [0.717, 1.165) is 0 Å². The molecule has 1 aromatic heterocycles. The minimum absolute atomic E-state index is 0.0103. The van der Waals surface area contributed by atoms with Crippen molar-refractivity contribution in [2.24, 2.45) is 0 Å². The molecule has 0 saturated carbocycles. The van der Waals surface area contributed by atoms with E-state index in [1.54, 1.807) is 36.5 Å². The van der Waals surface area contributed by atoms with Crippen LogP contribution < -0.4 is 10.6 Å². The van der Waals surface area contributed by atoms with E-state index < -0.39 is 25.9 Å². The first kappa shape index (κ1) is 26.9. The van der Waals surface area contributed by atoms with Gasteiger partial charge in [0.25, 0.3) is 0 Å². The molecule has 1 fully saturated rings. The summed E-state index contributed by atoms with van der Waals surface area (Å²) < 4.78 is 65.5. The number of sulfonamides is 1. The minimum Gasteiger partial charge on any atom is -0.340 e. The molecule has 1 aliphatic rings. The molecule has 198 valence electrons. The Morgan fingerprint density at radius 1 is 0.973 bits per heavy atom. The molecule has 1 unspecified atom stereocenters. The van der Waals surface area contributed by atoms with E-state index in [1.165, 1.54) is 28.6 Å². The van der Waals surface area contributed by atoms with Gasteiger partial charge in [0.2, 0.25) is 16.0 Å². The van der Waals surface area contributed by atoms with E-state index in [4.69, 9.17) is 0 Å². The average Bonchev–Trinajstić information content (AvgIpc) is 3.20. The van der Waals surface area contributed by atoms with Crippen LogP contribution in [0.15, 0.2) is 65.7 Å². The lowest BCUT2D eigenvalue weighted by atomic mass is 10.2. The molecule has 0 aliphatic carbocycles. The Labute approximate surface area is 216 Å². The third-order valence-corrected chi connectivity index (χ3v) is 9.59. The maximum absolute atomic E-state index is 13.5. The lowest BCUT2D eigenvalue weighted by Gasteiger charge is -2.28. The first-order valence-corrected chi connectivity index (χ1v) is 14.9. The number of halogens is 1. The molecule has 0 radical (unpaired) electrons. The molecule has 37 heavy (non-hydrogen) atoms. The van der Waals surface area contributed by atoms with E-state index >= 15 is 0 Å². The Morgan fingerprint density at radius 3 is 2.24 bits per heavy atom. The van der Waals surface area contributed by atoms with E-state index in [-0.39, 0.29) is 41.1 Å². The number of sulfone groups is 1. The second kappa shape index (κ2) is 11.1. The Kier molecular flexibility index (Phi) is 8.07. The van der Waals surface area contributed by atoms with E-state index in [2.05, 4.69) is 20.6 Å². The Hall–Kier alpha value is -3.13. The van der Waals surface area contributed by atoms with Gasteiger partial charge in [-0.3, -0.25) is 0 Å². The normalized spacial score (nSPS) is 17.3. The molecule has 1 aliphatic heterocycles. The maximum atomic E-state index is 13.5. The summed E-state index contributed by atoms with van der Waals surface area (Å²) >= 11 is 0. The highest BCUT2D eigenvalue weighted by Gasteiger charge is 2.38. The highest BCUT2D eigenvalue weighted by molar-refractivity contribution is 7.92. The summed E-state index contributed by atoms with van der Waals surface area (Å²) in [5.41, 5.74) is 1.23. The third-order valence-electron chi connectivity index (χ3n) is 5.87. The van der Waals surface area contributed by atoms with Crippen LogP contribution in [0.25, 0.3) is 0 Å². The van der Waals surface area contributed by atoms with E-state index in [1.807, 2.05) is 19.0 Å². The lowest BCUT2D eigenvalue weighted by molar-refractivity contribution is 0.293. The summed E-state index contributed by atoms with van der Waals surface area (Å²) in [4.78, 5) is 10.5. The van der Waals surface area contributed by atoms with Gasteiger partial charge in [-0.25, -0.2) is 26.2 Å². The second-order valence-corrected chi connectivity index (χ2v) is 13.1. The van der Waals surface area contributed by atoms with Crippen LogP contribution in [0.5, 0.6) is 0 Å². The van der Waals surface area contributed by atoms with Gasteiger partial charge in [0.1, 0.15) is 11.6 Å². The van der Waals surface area contributed by atoms with Crippen molar-refractivity contribution in [2.75, 3.05) is 49.3 Å². The van der Waals surface area contributed by atoms with Gasteiger partial charge in [-0.1, -0.05) is 0 Å². The van der Waals surface area contributed by atoms with Gasteiger partial charge in [-0.2, -0.15) is 9.29 Å². The molecule has 0 spiro atoms. The predicted octanol–water partition coefficient (Wildman–Crippen LogP) is 2.84. The highest BCUT2D eigenvalue weighted by atomic mass is 32.2. The van der Waals surface area contributed by atoms with Crippen molar-refractivity contribution in [3.63, 3.8) is 0 Å². The zero-order chi connectivity index (χ0) is 26.6. The number of hydrogen-bond acceptors (Lipinski definition) is 9. The van der Waals surface area contributed by atoms with Gasteiger partial charge < -0.3 is 15.5 Å². The summed E-state index contributed by atoms with van der Waals surface area (Å²) in [6.07, 6.45) is 1.84. The van der Waals surface area contributed by atoms with Crippen LogP contribution in [0.2, 0.25) is 0 Å². The number of benzene rings is 2. The van der Waals surface area contributed by atoms with Crippen molar-refractivity contribution in [3.05, 3.63) is 66.6 Å². The Balaban J connectivity index is 1.49. The molecule has 0 bridgehead atoms. The molecule has 4 rings (SSSR count). The van der Waals surface area contributed by atoms with Crippen LogP contribution in [0, 0.1) is 5.82 Å². The number of likely N-dealkylation sites (N-methyl/N-ethyl adjacent to an activating group) is 1. The van der Waals surface area contributed by atoms with Crippen molar-refractivity contribution in [1.29, 1.82) is 0 Å². The van der Waals surface area contributed by atoms with Crippen LogP contribution in [-0.4, -0.2) is 80.7 Å². The summed E-state index contributed by atoms with van der Waals surface area (Å²) in [6.45, 7) is 0.659. The molecule has 13 heteroatoms. The van der Waals surface area contributed by atoms with Gasteiger partial charge in [0, 0.05) is 36.7 Å². The fourth-order valence-corrected chi connectivity index (χ4v) is 7.41. The quantitative estimate of drug-likeness (QED) is 0.393. The van der Waals surface area contributed by atoms with Crippen molar-refractivity contribution >= 4 is 43.0 Å². The van der Waals surface area contributed by atoms with Crippen LogP contribution in [-0.2, 0) is 19.9 Å². The smallest absolute Gasteiger partial charge is 0.243 e. The van der Waals surface area contributed by atoms with Crippen molar-refractivity contribution < 1.29 is 21.2 Å². The van der Waals surface area contributed by atoms with Crippen LogP contribution >= 0.6 is 0 Å². The van der Waals surface area contributed by atoms with Crippen molar-refractivity contribution in [1.82, 2.24) is 19.2 Å². The highest BCUT2D eigenvalue weighted by Crippen LogP contribution is 2.26. The number of aromatic nitrogens is 2. The zero-order valence-corrected chi connectivity index (χ0v) is 22.1. The summed E-state index contributed by atoms with van der Waals surface area (Å²) in [6, 6.07) is 13.1. The first-order valence-electron chi connectivity index (χ1n) is 11.6. The maximum Gasteiger partial charge on any atom is 0.243 e. The summed E-state index contributed by atoms with van der Waals surface area (Å²) in [5.74, 6) is 0.260. The molecule has 1 atom stereocenters. The van der Waals surface area contributed by atoms with Crippen molar-refractivity contribution in [3.8, 4) is 0 Å². The fourth-order valence-electron chi connectivity index (χ4n) is 3.94. The molecule has 1 saturated heterocycles. The number of anilines is 4. The number of hydrogen-bond donors (Lipinski definition) is 2. The van der Waals surface area contributed by atoms with Gasteiger partial charge in [0.15, 0.2) is 9.84 Å². The number of nitrogens with one attached hydrogen (secondary N) is 2. The average molecular weight is 549 g/mol. The zero-order valence-electron chi connectivity index (χ0n) is 20.5. The van der Waals surface area contributed by atoms with Crippen LogP contribution in [0.4, 0.5) is 27.5 Å². The SMILES string of the molecule is CN(C)CCN(C1CCS(=O)(=O)C1)S(=O)(=O)c1ccc(Nc2nccc(Nc3ccc(F)cc3)n2)cc1. The molecular weight excluding hydrogens is 519 g/mol. The molecule has 2 heterocycles. The predicted molar refractivity (Wildman–Crippen MR) is 141 cm³/mol. The first-order chi connectivity index (χ1) is 17.5. The molecule has 10 nitrogen and oxygen atoms in total. The molecule has 2 N–H and O–H groups in total. The Morgan fingerprint density at radius 2 is 1.62 bits per heavy atom. The van der Waals surface area contributed by atoms with Crippen LogP contribution in [0.3, 0.4) is 0 Å². The monoisotopic (exact) mass is 548 g/mol. The van der Waals surface area contributed by atoms with Gasteiger partial charge >= 0.3 is 0 Å². The molecule has 0 amide bonds. The van der Waals surface area contributed by atoms with Crippen molar-refractivity contribution in [2.45, 2.75) is 17.4 Å². The summed E-state index contributed by atoms with van der Waals surface area (Å²) in [7, 11) is -3.50. The fraction of sp³-hybridized carbons (Fsp3) is 0.333. The molecule has 2 aromatic carbocycles. The molecular formula is C24H29FN6O4S2. The van der Waals surface area contributed by atoms with E-state index in [0.29, 0.717) is 23.7 Å². The number of nitrogens with zero attached hydrogens (tertiary/aromatic N) is 4. The van der Waals surface area contributed by atoms with Crippen LogP contribution in [0.1, 0.15) is 6.42 Å².